The van der Waals surface area contributed by atoms with Crippen molar-refractivity contribution in [1.29, 1.82) is 0 Å². The number of aromatic hydroxyl groups is 1. The highest BCUT2D eigenvalue weighted by Crippen LogP contribution is 2.32. The lowest BCUT2D eigenvalue weighted by molar-refractivity contribution is -0.0271. The van der Waals surface area contributed by atoms with E-state index in [2.05, 4.69) is 0 Å². The molecule has 2 atom stereocenters. The van der Waals surface area contributed by atoms with E-state index in [1.807, 2.05) is 6.92 Å². The van der Waals surface area contributed by atoms with Crippen LogP contribution in [0.5, 0.6) is 11.5 Å². The van der Waals surface area contributed by atoms with E-state index in [-0.39, 0.29) is 5.75 Å². The zero-order valence-corrected chi connectivity index (χ0v) is 9.80. The molecule has 90 valence electrons. The minimum absolute atomic E-state index is 0.0974. The first-order valence-electron chi connectivity index (χ1n) is 5.26. The van der Waals surface area contributed by atoms with Crippen molar-refractivity contribution in [1.82, 2.24) is 0 Å². The molecule has 0 radical (unpaired) electrons. The molecule has 0 amide bonds. The largest absolute Gasteiger partial charge is 0.508 e. The highest BCUT2D eigenvalue weighted by molar-refractivity contribution is 5.41. The molecule has 0 aliphatic rings. The molecule has 1 aromatic rings. The summed E-state index contributed by atoms with van der Waals surface area (Å²) in [6, 6.07) is 4.86. The van der Waals surface area contributed by atoms with Crippen LogP contribution in [0.3, 0.4) is 0 Å². The number of hydrogen-bond acceptors (Lipinski definition) is 4. The molecule has 0 bridgehead atoms. The Labute approximate surface area is 95.4 Å². The molecule has 1 aromatic carbocycles. The number of phenols is 1. The van der Waals surface area contributed by atoms with Crippen LogP contribution >= 0.6 is 0 Å². The normalized spacial score (nSPS) is 14.5. The molecule has 0 fully saturated rings. The Hall–Kier alpha value is -1.26. The zero-order valence-electron chi connectivity index (χ0n) is 9.80. The van der Waals surface area contributed by atoms with E-state index in [1.54, 1.807) is 26.2 Å². The van der Waals surface area contributed by atoms with Gasteiger partial charge < -0.3 is 19.7 Å². The summed E-state index contributed by atoms with van der Waals surface area (Å²) in [5, 5.41) is 19.3. The van der Waals surface area contributed by atoms with Crippen molar-refractivity contribution in [2.24, 2.45) is 0 Å². The van der Waals surface area contributed by atoms with Crippen LogP contribution in [0.25, 0.3) is 0 Å². The number of aliphatic hydroxyl groups is 1. The Bertz CT molecular complexity index is 336. The number of rotatable bonds is 5. The number of benzene rings is 1. The number of phenolic OH excluding ortho intramolecular Hbond substituents is 1. The number of hydrogen-bond donors (Lipinski definition) is 2. The lowest BCUT2D eigenvalue weighted by atomic mass is 10.0. The van der Waals surface area contributed by atoms with Crippen molar-refractivity contribution in [3.05, 3.63) is 23.8 Å². The van der Waals surface area contributed by atoms with Crippen LogP contribution in [-0.2, 0) is 4.74 Å². The van der Waals surface area contributed by atoms with Crippen molar-refractivity contribution in [3.8, 4) is 11.5 Å². The van der Waals surface area contributed by atoms with E-state index in [0.717, 1.165) is 0 Å². The van der Waals surface area contributed by atoms with Crippen LogP contribution in [0.15, 0.2) is 18.2 Å². The first-order chi connectivity index (χ1) is 7.60. The average molecular weight is 226 g/mol. The Morgan fingerprint density at radius 2 is 2.06 bits per heavy atom. The fourth-order valence-electron chi connectivity index (χ4n) is 1.56. The second-order valence-electron chi connectivity index (χ2n) is 3.54. The summed E-state index contributed by atoms with van der Waals surface area (Å²) < 4.78 is 10.5. The van der Waals surface area contributed by atoms with E-state index < -0.39 is 12.2 Å². The van der Waals surface area contributed by atoms with Crippen molar-refractivity contribution < 1.29 is 19.7 Å². The van der Waals surface area contributed by atoms with Gasteiger partial charge in [0.15, 0.2) is 0 Å². The molecule has 0 saturated heterocycles. The second kappa shape index (κ2) is 5.72. The van der Waals surface area contributed by atoms with Crippen LogP contribution in [0, 0.1) is 0 Å². The van der Waals surface area contributed by atoms with E-state index in [0.29, 0.717) is 17.9 Å². The maximum absolute atomic E-state index is 9.73. The molecule has 4 heteroatoms. The van der Waals surface area contributed by atoms with Gasteiger partial charge in [-0.15, -0.1) is 0 Å². The highest BCUT2D eigenvalue weighted by atomic mass is 16.5. The molecule has 4 nitrogen and oxygen atoms in total. The first-order valence-corrected chi connectivity index (χ1v) is 5.26. The fraction of sp³-hybridized carbons (Fsp3) is 0.500. The van der Waals surface area contributed by atoms with Crippen molar-refractivity contribution >= 4 is 0 Å². The molecule has 0 saturated carbocycles. The summed E-state index contributed by atoms with van der Waals surface area (Å²) in [6.07, 6.45) is -1.24. The predicted octanol–water partition coefficient (Wildman–Crippen LogP) is 1.86. The molecule has 0 heterocycles. The van der Waals surface area contributed by atoms with Gasteiger partial charge >= 0.3 is 0 Å². The minimum Gasteiger partial charge on any atom is -0.508 e. The summed E-state index contributed by atoms with van der Waals surface area (Å²) in [4.78, 5) is 0. The van der Waals surface area contributed by atoms with Crippen LogP contribution in [0.1, 0.15) is 25.5 Å². The van der Waals surface area contributed by atoms with Crippen LogP contribution in [0.4, 0.5) is 0 Å². The monoisotopic (exact) mass is 226 g/mol. The third-order valence-corrected chi connectivity index (χ3v) is 2.33. The van der Waals surface area contributed by atoms with E-state index in [4.69, 9.17) is 9.47 Å². The lowest BCUT2D eigenvalue weighted by Gasteiger charge is -2.21. The Morgan fingerprint density at radius 1 is 1.38 bits per heavy atom. The van der Waals surface area contributed by atoms with Gasteiger partial charge in [0.2, 0.25) is 0 Å². The third kappa shape index (κ3) is 2.87. The topological polar surface area (TPSA) is 58.9 Å². The smallest absolute Gasteiger partial charge is 0.121 e. The second-order valence-corrected chi connectivity index (χ2v) is 3.54. The van der Waals surface area contributed by atoms with Gasteiger partial charge in [0.05, 0.1) is 13.2 Å². The maximum Gasteiger partial charge on any atom is 0.121 e. The van der Waals surface area contributed by atoms with Crippen molar-refractivity contribution in [2.75, 3.05) is 13.7 Å². The van der Waals surface area contributed by atoms with E-state index in [9.17, 15) is 10.2 Å². The van der Waals surface area contributed by atoms with Crippen LogP contribution in [0.2, 0.25) is 0 Å². The van der Waals surface area contributed by atoms with Crippen molar-refractivity contribution in [3.63, 3.8) is 0 Å². The number of ether oxygens (including phenoxy) is 2. The minimum atomic E-state index is -0.696. The van der Waals surface area contributed by atoms with Crippen LogP contribution in [-0.4, -0.2) is 30.0 Å². The average Bonchev–Trinajstić information content (AvgIpc) is 2.27. The molecular formula is C12H18O4. The predicted molar refractivity (Wildman–Crippen MR) is 60.7 cm³/mol. The summed E-state index contributed by atoms with van der Waals surface area (Å²) in [7, 11) is 1.55. The third-order valence-electron chi connectivity index (χ3n) is 2.33. The molecular weight excluding hydrogens is 208 g/mol. The molecule has 2 N–H and O–H groups in total. The molecule has 0 aliphatic heterocycles. The lowest BCUT2D eigenvalue weighted by Crippen LogP contribution is -2.18. The van der Waals surface area contributed by atoms with Crippen LogP contribution < -0.4 is 4.74 Å². The molecule has 16 heavy (non-hydrogen) atoms. The highest BCUT2D eigenvalue weighted by Gasteiger charge is 2.21. The molecule has 0 aromatic heterocycles. The SMILES string of the molecule is CCO[C@H](c1cc(OC)ccc1O)[C@@H](C)O. The maximum atomic E-state index is 9.73. The number of methoxy groups -OCH3 is 1. The van der Waals surface area contributed by atoms with E-state index >= 15 is 0 Å². The summed E-state index contributed by atoms with van der Waals surface area (Å²) in [5.74, 6) is 0.721. The quantitative estimate of drug-likeness (QED) is 0.804. The standard InChI is InChI=1S/C12H18O4/c1-4-16-12(8(2)13)10-7-9(15-3)5-6-11(10)14/h5-8,12-14H,4H2,1-3H3/t8-,12+/m1/s1. The van der Waals surface area contributed by atoms with E-state index in [1.165, 1.54) is 6.07 Å². The van der Waals surface area contributed by atoms with Gasteiger partial charge in [-0.25, -0.2) is 0 Å². The zero-order chi connectivity index (χ0) is 12.1. The van der Waals surface area contributed by atoms with Gasteiger partial charge in [0.1, 0.15) is 17.6 Å². The van der Waals surface area contributed by atoms with Gasteiger partial charge in [0.25, 0.3) is 0 Å². The summed E-state index contributed by atoms with van der Waals surface area (Å²) in [5.41, 5.74) is 0.538. The number of aliphatic hydroxyl groups excluding tert-OH is 1. The molecule has 0 spiro atoms. The summed E-state index contributed by atoms with van der Waals surface area (Å²) >= 11 is 0. The molecule has 0 unspecified atom stereocenters. The van der Waals surface area contributed by atoms with Gasteiger partial charge in [0, 0.05) is 12.2 Å². The van der Waals surface area contributed by atoms with Gasteiger partial charge in [-0.05, 0) is 32.0 Å². The van der Waals surface area contributed by atoms with Gasteiger partial charge in [-0.3, -0.25) is 0 Å². The Morgan fingerprint density at radius 3 is 2.56 bits per heavy atom. The molecule has 1 rings (SSSR count). The van der Waals surface area contributed by atoms with Gasteiger partial charge in [-0.2, -0.15) is 0 Å². The molecule has 0 aliphatic carbocycles. The Balaban J connectivity index is 3.06. The summed E-state index contributed by atoms with van der Waals surface area (Å²) in [6.45, 7) is 3.93. The van der Waals surface area contributed by atoms with Gasteiger partial charge in [-0.1, -0.05) is 0 Å². The van der Waals surface area contributed by atoms with Crippen molar-refractivity contribution in [2.45, 2.75) is 26.1 Å². The first kappa shape index (κ1) is 12.8. The fourth-order valence-corrected chi connectivity index (χ4v) is 1.56. The Kier molecular flexibility index (Phi) is 4.58.